The molecule has 0 spiro atoms. The highest BCUT2D eigenvalue weighted by molar-refractivity contribution is 5.97. The molecule has 1 amide bonds. The monoisotopic (exact) mass is 595 g/mol. The molecule has 3 aliphatic heterocycles. The number of rotatable bonds is 6. The summed E-state index contributed by atoms with van der Waals surface area (Å²) in [4.78, 5) is 31.1. The number of hydrogen-bond donors (Lipinski definition) is 0. The number of ether oxygens (including phenoxy) is 1. The number of fused-ring (bicyclic) bond motifs is 2. The van der Waals surface area contributed by atoms with Gasteiger partial charge >= 0.3 is 6.01 Å². The van der Waals surface area contributed by atoms with Gasteiger partial charge in [-0.15, -0.1) is 0 Å². The molecule has 1 aromatic heterocycles. The van der Waals surface area contributed by atoms with Gasteiger partial charge in [0.15, 0.2) is 6.67 Å². The second-order valence-corrected chi connectivity index (χ2v) is 11.9. The number of likely N-dealkylation sites (N-methyl/N-ethyl adjacent to an activating group) is 1. The van der Waals surface area contributed by atoms with Crippen molar-refractivity contribution >= 4 is 28.2 Å². The highest BCUT2D eigenvalue weighted by Gasteiger charge is 2.34. The molecule has 3 aromatic rings. The molecule has 0 aliphatic carbocycles. The van der Waals surface area contributed by atoms with Crippen LogP contribution in [0.25, 0.3) is 10.8 Å². The smallest absolute Gasteiger partial charge is 0.318 e. The Hall–Kier alpha value is -4.41. The Bertz CT molecular complexity index is 1640. The average Bonchev–Trinajstić information content (AvgIpc) is 3.46. The first-order chi connectivity index (χ1) is 21.5. The van der Waals surface area contributed by atoms with Crippen LogP contribution in [0.2, 0.25) is 0 Å². The molecule has 0 bridgehead atoms. The molecule has 9 nitrogen and oxygen atoms in total. The maximum atomic E-state index is 12.7. The van der Waals surface area contributed by atoms with Crippen molar-refractivity contribution in [1.29, 1.82) is 5.26 Å². The number of hydrogen-bond acceptors (Lipinski definition) is 8. The van der Waals surface area contributed by atoms with E-state index in [9.17, 15) is 14.4 Å². The second-order valence-electron chi connectivity index (χ2n) is 11.9. The molecule has 2 aromatic carbocycles. The van der Waals surface area contributed by atoms with Crippen molar-refractivity contribution in [3.8, 4) is 23.9 Å². The van der Waals surface area contributed by atoms with Crippen LogP contribution in [0.5, 0.6) is 6.01 Å². The number of nitrogens with zero attached hydrogens (tertiary/aromatic N) is 7. The molecule has 3 aliphatic rings. The number of likely N-dealkylation sites (tertiary alicyclic amines) is 1. The van der Waals surface area contributed by atoms with E-state index in [1.165, 1.54) is 22.0 Å². The van der Waals surface area contributed by atoms with Crippen LogP contribution in [0.1, 0.15) is 36.1 Å². The van der Waals surface area contributed by atoms with Gasteiger partial charge in [0.05, 0.1) is 30.8 Å². The topological polar surface area (TPSA) is 88.8 Å². The quantitative estimate of drug-likeness (QED) is 0.397. The van der Waals surface area contributed by atoms with E-state index in [1.807, 2.05) is 0 Å². The summed E-state index contributed by atoms with van der Waals surface area (Å²) in [5, 5.41) is 12.0. The molecule has 2 fully saturated rings. The zero-order chi connectivity index (χ0) is 30.6. The summed E-state index contributed by atoms with van der Waals surface area (Å²) in [6.45, 7) is 5.60. The lowest BCUT2D eigenvalue weighted by Crippen LogP contribution is -2.55. The SMILES string of the molecule is Cc1cccc2cccc(N3CCc4c(nc(OC[C@H]5CCCN5C)nc4N4CCN(C(=O)C#CCF)[C@@H](CC#N)C4)C3)c12. The van der Waals surface area contributed by atoms with Crippen molar-refractivity contribution < 1.29 is 13.9 Å². The molecule has 2 saturated heterocycles. The summed E-state index contributed by atoms with van der Waals surface area (Å²) in [5.41, 5.74) is 4.45. The number of aryl methyl sites for hydroxylation is 1. The largest absolute Gasteiger partial charge is 0.462 e. The van der Waals surface area contributed by atoms with Crippen molar-refractivity contribution in [1.82, 2.24) is 19.8 Å². The Kier molecular flexibility index (Phi) is 8.81. The first kappa shape index (κ1) is 29.7. The van der Waals surface area contributed by atoms with Crippen LogP contribution < -0.4 is 14.5 Å². The van der Waals surface area contributed by atoms with Crippen LogP contribution in [-0.4, -0.2) is 90.8 Å². The number of carbonyl (C=O) groups excluding carboxylic acids is 1. The van der Waals surface area contributed by atoms with E-state index in [4.69, 9.17) is 14.7 Å². The third-order valence-corrected chi connectivity index (χ3v) is 9.16. The second kappa shape index (κ2) is 13.1. The van der Waals surface area contributed by atoms with Gasteiger partial charge in [0.2, 0.25) is 0 Å². The van der Waals surface area contributed by atoms with E-state index in [2.05, 4.69) is 83.0 Å². The number of aromatic nitrogens is 2. The van der Waals surface area contributed by atoms with Gasteiger partial charge in [-0.1, -0.05) is 36.3 Å². The highest BCUT2D eigenvalue weighted by atomic mass is 19.1. The van der Waals surface area contributed by atoms with Crippen molar-refractivity contribution in [2.24, 2.45) is 0 Å². The third kappa shape index (κ3) is 6.00. The molecule has 4 heterocycles. The molecule has 0 saturated carbocycles. The molecule has 2 atom stereocenters. The Morgan fingerprint density at radius 3 is 2.70 bits per heavy atom. The van der Waals surface area contributed by atoms with Crippen LogP contribution in [-0.2, 0) is 17.8 Å². The van der Waals surface area contributed by atoms with Crippen molar-refractivity contribution in [3.63, 3.8) is 0 Å². The van der Waals surface area contributed by atoms with Gasteiger partial charge in [0, 0.05) is 48.9 Å². The lowest BCUT2D eigenvalue weighted by atomic mass is 9.99. The van der Waals surface area contributed by atoms with Crippen LogP contribution >= 0.6 is 0 Å². The van der Waals surface area contributed by atoms with E-state index in [0.717, 1.165) is 49.4 Å². The highest BCUT2D eigenvalue weighted by Crippen LogP contribution is 2.36. The van der Waals surface area contributed by atoms with Crippen molar-refractivity contribution in [3.05, 3.63) is 53.2 Å². The van der Waals surface area contributed by atoms with E-state index < -0.39 is 12.6 Å². The molecule has 0 N–H and O–H groups in total. The lowest BCUT2D eigenvalue weighted by molar-refractivity contribution is -0.127. The molecule has 44 heavy (non-hydrogen) atoms. The van der Waals surface area contributed by atoms with Gasteiger partial charge in [-0.05, 0) is 62.7 Å². The Morgan fingerprint density at radius 2 is 1.93 bits per heavy atom. The standard InChI is InChI=1S/C34H38FN7O2/c1-24-7-3-8-25-9-4-11-30(32(24)25)40-18-14-28-29(22-40)37-34(44-23-27-10-6-17-39(27)2)38-33(28)41-19-20-42(26(21-41)13-16-36)31(43)12-5-15-35/h3-4,7-9,11,26-27H,6,10,13-15,17-23H2,1-2H3/t26-,27+/m0/s1. The van der Waals surface area contributed by atoms with Gasteiger partial charge in [0.1, 0.15) is 12.4 Å². The average molecular weight is 596 g/mol. The van der Waals surface area contributed by atoms with Crippen LogP contribution in [0.15, 0.2) is 36.4 Å². The summed E-state index contributed by atoms with van der Waals surface area (Å²) in [5.74, 6) is 4.95. The fourth-order valence-corrected chi connectivity index (χ4v) is 6.83. The number of alkyl halides is 1. The zero-order valence-electron chi connectivity index (χ0n) is 25.4. The first-order valence-corrected chi connectivity index (χ1v) is 15.4. The summed E-state index contributed by atoms with van der Waals surface area (Å²) in [6, 6.07) is 15.4. The number of amides is 1. The Morgan fingerprint density at radius 1 is 1.09 bits per heavy atom. The predicted molar refractivity (Wildman–Crippen MR) is 168 cm³/mol. The third-order valence-electron chi connectivity index (χ3n) is 9.16. The van der Waals surface area contributed by atoms with Crippen molar-refractivity contribution in [2.45, 2.75) is 51.2 Å². The Balaban J connectivity index is 1.33. The van der Waals surface area contributed by atoms with E-state index >= 15 is 0 Å². The molecule has 0 radical (unpaired) electrons. The van der Waals surface area contributed by atoms with Gasteiger partial charge in [-0.25, -0.2) is 4.39 Å². The number of anilines is 2. The maximum absolute atomic E-state index is 12.7. The number of halogens is 1. The van der Waals surface area contributed by atoms with E-state index in [-0.39, 0.29) is 12.5 Å². The summed E-state index contributed by atoms with van der Waals surface area (Å²) in [6.07, 6.45) is 3.14. The normalized spacial score (nSPS) is 20.2. The van der Waals surface area contributed by atoms with Gasteiger partial charge in [-0.3, -0.25) is 4.79 Å². The number of piperazine rings is 1. The summed E-state index contributed by atoms with van der Waals surface area (Å²) < 4.78 is 18.9. The Labute approximate surface area is 258 Å². The fourth-order valence-electron chi connectivity index (χ4n) is 6.83. The van der Waals surface area contributed by atoms with E-state index in [0.29, 0.717) is 44.8 Å². The van der Waals surface area contributed by atoms with E-state index in [1.54, 1.807) is 4.90 Å². The number of nitriles is 1. The molecule has 228 valence electrons. The van der Waals surface area contributed by atoms with Crippen molar-refractivity contribution in [2.75, 3.05) is 62.9 Å². The first-order valence-electron chi connectivity index (χ1n) is 15.4. The molecule has 0 unspecified atom stereocenters. The molecule has 10 heteroatoms. The van der Waals surface area contributed by atoms with Crippen LogP contribution in [0.4, 0.5) is 15.9 Å². The van der Waals surface area contributed by atoms with Crippen LogP contribution in [0, 0.1) is 30.1 Å². The molecular formula is C34H38FN7O2. The minimum Gasteiger partial charge on any atom is -0.462 e. The number of benzene rings is 2. The molecule has 6 rings (SSSR count). The summed E-state index contributed by atoms with van der Waals surface area (Å²) in [7, 11) is 2.12. The minimum absolute atomic E-state index is 0.151. The maximum Gasteiger partial charge on any atom is 0.318 e. The van der Waals surface area contributed by atoms with Crippen LogP contribution in [0.3, 0.4) is 0 Å². The predicted octanol–water partition coefficient (Wildman–Crippen LogP) is 3.88. The van der Waals surface area contributed by atoms with Gasteiger partial charge in [-0.2, -0.15) is 15.2 Å². The lowest BCUT2D eigenvalue weighted by Gasteiger charge is -2.41. The minimum atomic E-state index is -0.878. The van der Waals surface area contributed by atoms with Gasteiger partial charge in [0.25, 0.3) is 5.91 Å². The number of carbonyl (C=O) groups is 1. The zero-order valence-corrected chi connectivity index (χ0v) is 25.4. The molecular weight excluding hydrogens is 557 g/mol. The fraction of sp³-hybridized carbons (Fsp3) is 0.471. The van der Waals surface area contributed by atoms with Gasteiger partial charge < -0.3 is 24.3 Å². The summed E-state index contributed by atoms with van der Waals surface area (Å²) >= 11 is 0.